The molecule has 0 N–H and O–H groups in total. The largest absolute Gasteiger partial charge is 0.443 e. The van der Waals surface area contributed by atoms with Gasteiger partial charge in [0.05, 0.1) is 34.0 Å². The number of carbonyl (C=O) groups excluding carboxylic acids is 4. The van der Waals surface area contributed by atoms with E-state index >= 15 is 0 Å². The standard InChI is InChI=1S/C59H67N7O7/c1-41-33-42(35-46-38-60-66(53(41)46)40-73-57(71)59(23-24-59)48-14-7-4-8-15-48)34-45(54(68)64-31-29-62(30-32-64)49-19-25-61(2)26-20-49)37-52(67)63-27-17-43(18-28-63)50-36-44-11-9-10-16-51(44)65(55(50)69)39-72-56(70)58(21-22-58)47-12-5-3-6-13-47/h3-16,33,35-36,38,43,45,49H,17-32,34,37,39-40H2,1-2H3/t45-/m0/s1. The van der Waals surface area contributed by atoms with Gasteiger partial charge in [-0.2, -0.15) is 5.10 Å². The smallest absolute Gasteiger partial charge is 0.318 e. The summed E-state index contributed by atoms with van der Waals surface area (Å²) in [5.74, 6) is -1.28. The fourth-order valence-electron chi connectivity index (χ4n) is 12.3. The van der Waals surface area contributed by atoms with Crippen molar-refractivity contribution in [2.45, 2.75) is 107 Å². The molecule has 380 valence electrons. The number of benzene rings is 4. The van der Waals surface area contributed by atoms with Crippen molar-refractivity contribution in [1.29, 1.82) is 0 Å². The lowest BCUT2D eigenvalue weighted by Crippen LogP contribution is -2.55. The predicted molar refractivity (Wildman–Crippen MR) is 279 cm³/mol. The summed E-state index contributed by atoms with van der Waals surface area (Å²) < 4.78 is 15.2. The van der Waals surface area contributed by atoms with Crippen molar-refractivity contribution in [2.75, 3.05) is 59.4 Å². The number of hydrogen-bond acceptors (Lipinski definition) is 10. The van der Waals surface area contributed by atoms with Crippen molar-refractivity contribution < 1.29 is 28.7 Å². The highest BCUT2D eigenvalue weighted by atomic mass is 16.6. The van der Waals surface area contributed by atoms with Crippen molar-refractivity contribution in [3.8, 4) is 0 Å². The average molecular weight is 986 g/mol. The van der Waals surface area contributed by atoms with E-state index in [0.29, 0.717) is 75.4 Å². The highest BCUT2D eigenvalue weighted by Crippen LogP contribution is 2.50. The average Bonchev–Trinajstić information content (AvgIpc) is 4.37. The van der Waals surface area contributed by atoms with Crippen LogP contribution in [0.25, 0.3) is 21.8 Å². The molecule has 4 aromatic carbocycles. The normalized spacial score (nSPS) is 19.7. The maximum Gasteiger partial charge on any atom is 0.318 e. The highest BCUT2D eigenvalue weighted by Gasteiger charge is 2.53. The molecule has 0 radical (unpaired) electrons. The van der Waals surface area contributed by atoms with E-state index in [9.17, 15) is 24.0 Å². The van der Waals surface area contributed by atoms with Crippen LogP contribution in [0.2, 0.25) is 0 Å². The van der Waals surface area contributed by atoms with Gasteiger partial charge in [0, 0.05) is 62.7 Å². The van der Waals surface area contributed by atoms with Gasteiger partial charge in [-0.3, -0.25) is 33.4 Å². The Hall–Kier alpha value is -6.64. The Morgan fingerprint density at radius 3 is 1.90 bits per heavy atom. The fourth-order valence-corrected chi connectivity index (χ4v) is 12.3. The second kappa shape index (κ2) is 20.3. The van der Waals surface area contributed by atoms with Gasteiger partial charge in [-0.15, -0.1) is 0 Å². The molecule has 2 saturated carbocycles. The third-order valence-electron chi connectivity index (χ3n) is 17.0. The van der Waals surface area contributed by atoms with Crippen molar-refractivity contribution >= 4 is 45.6 Å². The number of rotatable bonds is 15. The van der Waals surface area contributed by atoms with Gasteiger partial charge < -0.3 is 24.2 Å². The monoisotopic (exact) mass is 986 g/mol. The van der Waals surface area contributed by atoms with Gasteiger partial charge in [-0.1, -0.05) is 84.9 Å². The van der Waals surface area contributed by atoms with Crippen LogP contribution in [0.4, 0.5) is 0 Å². The molecule has 1 atom stereocenters. The Bertz CT molecular complexity index is 3070. The first kappa shape index (κ1) is 48.6. The summed E-state index contributed by atoms with van der Waals surface area (Å²) in [7, 11) is 2.18. The topological polar surface area (TPSA) is 140 Å². The minimum Gasteiger partial charge on any atom is -0.443 e. The number of piperidine rings is 2. The van der Waals surface area contributed by atoms with E-state index in [1.807, 2.05) is 108 Å². The first-order valence-corrected chi connectivity index (χ1v) is 26.5. The van der Waals surface area contributed by atoms with Crippen LogP contribution in [-0.2, 0) is 59.4 Å². The summed E-state index contributed by atoms with van der Waals surface area (Å²) in [6.45, 7) is 7.83. The maximum atomic E-state index is 14.8. The zero-order chi connectivity index (χ0) is 50.3. The van der Waals surface area contributed by atoms with E-state index < -0.39 is 16.7 Å². The van der Waals surface area contributed by atoms with E-state index in [0.717, 1.165) is 90.4 Å². The van der Waals surface area contributed by atoms with Gasteiger partial charge in [-0.25, -0.2) is 4.68 Å². The number of piperazine rings is 1. The first-order valence-electron chi connectivity index (χ1n) is 26.5. The molecule has 3 saturated heterocycles. The number of ether oxygens (including phenoxy) is 2. The summed E-state index contributed by atoms with van der Waals surface area (Å²) >= 11 is 0. The Kier molecular flexibility index (Phi) is 13.5. The molecule has 73 heavy (non-hydrogen) atoms. The van der Waals surface area contributed by atoms with Crippen molar-refractivity contribution in [3.05, 3.63) is 147 Å². The third-order valence-corrected chi connectivity index (χ3v) is 17.0. The minimum atomic E-state index is -0.665. The van der Waals surface area contributed by atoms with Crippen molar-refractivity contribution in [1.82, 2.24) is 33.9 Å². The molecule has 14 heteroatoms. The van der Waals surface area contributed by atoms with Crippen LogP contribution in [0.1, 0.15) is 91.5 Å². The predicted octanol–water partition coefficient (Wildman–Crippen LogP) is 7.32. The molecule has 5 heterocycles. The zero-order valence-corrected chi connectivity index (χ0v) is 42.3. The van der Waals surface area contributed by atoms with E-state index in [1.165, 1.54) is 0 Å². The number of hydrogen-bond donors (Lipinski definition) is 0. The summed E-state index contributed by atoms with van der Waals surface area (Å²) in [6.07, 6.45) is 8.66. The number of para-hydroxylation sites is 1. The molecular formula is C59H67N7O7. The van der Waals surface area contributed by atoms with Crippen LogP contribution >= 0.6 is 0 Å². The van der Waals surface area contributed by atoms with E-state index in [4.69, 9.17) is 9.47 Å². The van der Waals surface area contributed by atoms with Gasteiger partial charge in [0.25, 0.3) is 5.56 Å². The van der Waals surface area contributed by atoms with Gasteiger partial charge >= 0.3 is 11.9 Å². The van der Waals surface area contributed by atoms with Gasteiger partial charge in [0.15, 0.2) is 13.5 Å². The molecule has 3 aliphatic heterocycles. The quantitative estimate of drug-likeness (QED) is 0.0963. The maximum absolute atomic E-state index is 14.8. The number of likely N-dealkylation sites (tertiary alicyclic amines) is 2. The molecule has 0 bridgehead atoms. The van der Waals surface area contributed by atoms with Gasteiger partial charge in [-0.05, 0) is 137 Å². The molecule has 5 fully saturated rings. The number of esters is 2. The summed E-state index contributed by atoms with van der Waals surface area (Å²) in [5, 5.41) is 6.41. The summed E-state index contributed by atoms with van der Waals surface area (Å²) in [6, 6.07) is 33.9. The van der Waals surface area contributed by atoms with Gasteiger partial charge in [0.2, 0.25) is 11.8 Å². The number of nitrogens with zero attached hydrogens (tertiary/aromatic N) is 7. The second-order valence-corrected chi connectivity index (χ2v) is 21.6. The fraction of sp³-hybridized carbons (Fsp3) is 0.458. The number of carbonyl (C=O) groups is 4. The van der Waals surface area contributed by atoms with E-state index in [-0.39, 0.29) is 55.1 Å². The lowest BCUT2D eigenvalue weighted by Gasteiger charge is -2.43. The Morgan fingerprint density at radius 2 is 1.27 bits per heavy atom. The first-order chi connectivity index (χ1) is 35.5. The van der Waals surface area contributed by atoms with E-state index in [1.54, 1.807) is 15.4 Å². The van der Waals surface area contributed by atoms with Crippen molar-refractivity contribution in [2.24, 2.45) is 5.92 Å². The SMILES string of the molecule is Cc1cc(C[C@@H](CC(=O)N2CCC(c3cc4ccccc4n(COC(=O)C4(c5ccccc5)CC4)c3=O)CC2)C(=O)N2CCN(C3CCN(C)CC3)CC2)cc2cnn(COC(=O)C3(c4ccccc4)CC3)c12. The number of aryl methyl sites for hydroxylation is 1. The minimum absolute atomic E-state index is 0.00484. The van der Waals surface area contributed by atoms with Crippen LogP contribution in [0.5, 0.6) is 0 Å². The highest BCUT2D eigenvalue weighted by molar-refractivity contribution is 5.89. The lowest BCUT2D eigenvalue weighted by atomic mass is 9.88. The van der Waals surface area contributed by atoms with Crippen LogP contribution in [-0.4, -0.2) is 123 Å². The molecule has 2 amide bonds. The van der Waals surface area contributed by atoms with Crippen LogP contribution in [0, 0.1) is 12.8 Å². The number of aromatic nitrogens is 3. The molecule has 11 rings (SSSR count). The number of pyridine rings is 1. The Morgan fingerprint density at radius 1 is 0.671 bits per heavy atom. The van der Waals surface area contributed by atoms with Crippen molar-refractivity contribution in [3.63, 3.8) is 0 Å². The molecule has 0 unspecified atom stereocenters. The van der Waals surface area contributed by atoms with Gasteiger partial charge in [0.1, 0.15) is 0 Å². The summed E-state index contributed by atoms with van der Waals surface area (Å²) in [5.41, 5.74) is 4.59. The third kappa shape index (κ3) is 9.83. The zero-order valence-electron chi connectivity index (χ0n) is 42.3. The molecule has 14 nitrogen and oxygen atoms in total. The molecule has 0 spiro atoms. The van der Waals surface area contributed by atoms with E-state index in [2.05, 4.69) is 34.1 Å². The Balaban J connectivity index is 0.776. The lowest BCUT2D eigenvalue weighted by molar-refractivity contribution is -0.151. The van der Waals surface area contributed by atoms with Crippen LogP contribution < -0.4 is 5.56 Å². The molecule has 5 aliphatic rings. The van der Waals surface area contributed by atoms with Crippen LogP contribution in [0.3, 0.4) is 0 Å². The Labute approximate surface area is 426 Å². The molecular weight excluding hydrogens is 919 g/mol. The number of fused-ring (bicyclic) bond motifs is 2. The second-order valence-electron chi connectivity index (χ2n) is 21.6. The number of amides is 2. The molecule has 2 aliphatic carbocycles. The summed E-state index contributed by atoms with van der Waals surface area (Å²) in [4.78, 5) is 79.4. The molecule has 6 aromatic rings. The van der Waals surface area contributed by atoms with Crippen LogP contribution in [0.15, 0.2) is 114 Å². The molecule has 2 aromatic heterocycles.